The standard InChI is InChI=1S/C19H21ClN4O/c1-24(2)18(13-4-7-15(25-3)8-5-13)11-21-19-16-9-6-14(20)10-17(16)22-12-23-19/h4-10,12,18H,11H2,1-3H3,(H,21,22,23). The number of fused-ring (bicyclic) bond motifs is 1. The van der Waals surface area contributed by atoms with Gasteiger partial charge in [0, 0.05) is 17.0 Å². The summed E-state index contributed by atoms with van der Waals surface area (Å²) < 4.78 is 5.24. The van der Waals surface area contributed by atoms with Crippen LogP contribution in [0, 0.1) is 0 Å². The van der Waals surface area contributed by atoms with E-state index in [0.717, 1.165) is 22.5 Å². The number of halogens is 1. The van der Waals surface area contributed by atoms with Gasteiger partial charge in [0.2, 0.25) is 0 Å². The minimum Gasteiger partial charge on any atom is -0.497 e. The Morgan fingerprint density at radius 2 is 1.88 bits per heavy atom. The SMILES string of the molecule is COc1ccc(C(CNc2ncnc3cc(Cl)ccc23)N(C)C)cc1. The van der Waals surface area contributed by atoms with Crippen LogP contribution in [0.2, 0.25) is 5.02 Å². The number of anilines is 1. The molecule has 1 N–H and O–H groups in total. The Morgan fingerprint density at radius 1 is 1.12 bits per heavy atom. The van der Waals surface area contributed by atoms with Crippen LogP contribution in [0.15, 0.2) is 48.8 Å². The molecule has 0 fully saturated rings. The lowest BCUT2D eigenvalue weighted by atomic mass is 10.1. The van der Waals surface area contributed by atoms with Crippen molar-refractivity contribution in [3.05, 3.63) is 59.4 Å². The van der Waals surface area contributed by atoms with E-state index in [9.17, 15) is 0 Å². The summed E-state index contributed by atoms with van der Waals surface area (Å²) in [5.41, 5.74) is 2.04. The second kappa shape index (κ2) is 7.68. The molecule has 0 amide bonds. The number of nitrogens with one attached hydrogen (secondary N) is 1. The molecule has 2 aromatic carbocycles. The highest BCUT2D eigenvalue weighted by atomic mass is 35.5. The van der Waals surface area contributed by atoms with Gasteiger partial charge in [0.05, 0.1) is 18.7 Å². The van der Waals surface area contributed by atoms with Gasteiger partial charge in [-0.1, -0.05) is 23.7 Å². The molecule has 0 aliphatic heterocycles. The Balaban J connectivity index is 1.82. The van der Waals surface area contributed by atoms with Crippen molar-refractivity contribution in [3.63, 3.8) is 0 Å². The molecule has 0 radical (unpaired) electrons. The smallest absolute Gasteiger partial charge is 0.137 e. The Labute approximate surface area is 152 Å². The number of likely N-dealkylation sites (N-methyl/N-ethyl adjacent to an activating group) is 1. The predicted octanol–water partition coefficient (Wildman–Crippen LogP) is 4.01. The van der Waals surface area contributed by atoms with E-state index in [1.807, 2.05) is 30.3 Å². The van der Waals surface area contributed by atoms with Gasteiger partial charge in [0.1, 0.15) is 17.9 Å². The molecule has 0 saturated heterocycles. The number of hydrogen-bond acceptors (Lipinski definition) is 5. The zero-order valence-corrected chi connectivity index (χ0v) is 15.3. The van der Waals surface area contributed by atoms with E-state index in [1.165, 1.54) is 5.56 Å². The van der Waals surface area contributed by atoms with Gasteiger partial charge in [0.25, 0.3) is 0 Å². The number of ether oxygens (including phenoxy) is 1. The Hall–Kier alpha value is -2.37. The monoisotopic (exact) mass is 356 g/mol. The van der Waals surface area contributed by atoms with Crippen LogP contribution in [0.3, 0.4) is 0 Å². The summed E-state index contributed by atoms with van der Waals surface area (Å²) >= 11 is 6.05. The van der Waals surface area contributed by atoms with E-state index in [2.05, 4.69) is 46.4 Å². The van der Waals surface area contributed by atoms with Crippen LogP contribution in [0.25, 0.3) is 10.9 Å². The quantitative estimate of drug-likeness (QED) is 0.723. The van der Waals surface area contributed by atoms with E-state index in [4.69, 9.17) is 16.3 Å². The van der Waals surface area contributed by atoms with Crippen molar-refractivity contribution in [2.45, 2.75) is 6.04 Å². The van der Waals surface area contributed by atoms with Crippen molar-refractivity contribution in [3.8, 4) is 5.75 Å². The molecule has 1 atom stereocenters. The molecule has 1 unspecified atom stereocenters. The van der Waals surface area contributed by atoms with Crippen LogP contribution in [0.1, 0.15) is 11.6 Å². The molecule has 25 heavy (non-hydrogen) atoms. The van der Waals surface area contributed by atoms with Crippen LogP contribution >= 0.6 is 11.6 Å². The van der Waals surface area contributed by atoms with Gasteiger partial charge in [-0.3, -0.25) is 0 Å². The summed E-state index contributed by atoms with van der Waals surface area (Å²) in [4.78, 5) is 10.8. The first-order chi connectivity index (χ1) is 12.1. The molecule has 130 valence electrons. The molecule has 3 aromatic rings. The molecule has 0 bridgehead atoms. The van der Waals surface area contributed by atoms with E-state index in [-0.39, 0.29) is 6.04 Å². The first kappa shape index (κ1) is 17.5. The van der Waals surface area contributed by atoms with Crippen LogP contribution in [-0.2, 0) is 0 Å². The zero-order chi connectivity index (χ0) is 17.8. The van der Waals surface area contributed by atoms with Gasteiger partial charge >= 0.3 is 0 Å². The third-order valence-corrected chi connectivity index (χ3v) is 4.42. The summed E-state index contributed by atoms with van der Waals surface area (Å²) in [6, 6.07) is 14.0. The molecule has 3 rings (SSSR count). The fourth-order valence-electron chi connectivity index (χ4n) is 2.79. The molecule has 1 aromatic heterocycles. The lowest BCUT2D eigenvalue weighted by Crippen LogP contribution is -2.27. The molecule has 0 aliphatic rings. The van der Waals surface area contributed by atoms with Crippen LogP contribution in [0.5, 0.6) is 5.75 Å². The van der Waals surface area contributed by atoms with Gasteiger partial charge < -0.3 is 15.0 Å². The van der Waals surface area contributed by atoms with Crippen molar-refractivity contribution < 1.29 is 4.74 Å². The van der Waals surface area contributed by atoms with Crippen molar-refractivity contribution in [2.75, 3.05) is 33.1 Å². The molecule has 6 heteroatoms. The lowest BCUT2D eigenvalue weighted by Gasteiger charge is -2.25. The Morgan fingerprint density at radius 3 is 2.56 bits per heavy atom. The molecular weight excluding hydrogens is 336 g/mol. The highest BCUT2D eigenvalue weighted by molar-refractivity contribution is 6.31. The number of rotatable bonds is 6. The fourth-order valence-corrected chi connectivity index (χ4v) is 2.96. The Bertz CT molecular complexity index is 852. The number of methoxy groups -OCH3 is 1. The highest BCUT2D eigenvalue weighted by Crippen LogP contribution is 2.25. The normalized spacial score (nSPS) is 12.4. The summed E-state index contributed by atoms with van der Waals surface area (Å²) in [5.74, 6) is 1.66. The van der Waals surface area contributed by atoms with E-state index >= 15 is 0 Å². The van der Waals surface area contributed by atoms with Crippen LogP contribution < -0.4 is 10.1 Å². The van der Waals surface area contributed by atoms with Gasteiger partial charge in [-0.15, -0.1) is 0 Å². The Kier molecular flexibility index (Phi) is 5.36. The van der Waals surface area contributed by atoms with E-state index < -0.39 is 0 Å². The predicted molar refractivity (Wildman–Crippen MR) is 102 cm³/mol. The molecule has 1 heterocycles. The topological polar surface area (TPSA) is 50.3 Å². The van der Waals surface area contributed by atoms with Gasteiger partial charge in [0.15, 0.2) is 0 Å². The lowest BCUT2D eigenvalue weighted by molar-refractivity contribution is 0.311. The van der Waals surface area contributed by atoms with Crippen molar-refractivity contribution in [2.24, 2.45) is 0 Å². The molecule has 0 aliphatic carbocycles. The minimum atomic E-state index is 0.197. The average Bonchev–Trinajstić information content (AvgIpc) is 2.62. The van der Waals surface area contributed by atoms with E-state index in [1.54, 1.807) is 13.4 Å². The van der Waals surface area contributed by atoms with Crippen molar-refractivity contribution >= 4 is 28.3 Å². The maximum Gasteiger partial charge on any atom is 0.137 e. The first-order valence-corrected chi connectivity index (χ1v) is 8.41. The zero-order valence-electron chi connectivity index (χ0n) is 14.5. The summed E-state index contributed by atoms with van der Waals surface area (Å²) in [6.07, 6.45) is 1.55. The second-order valence-corrected chi connectivity index (χ2v) is 6.45. The summed E-state index contributed by atoms with van der Waals surface area (Å²) in [6.45, 7) is 0.716. The minimum absolute atomic E-state index is 0.197. The average molecular weight is 357 g/mol. The molecular formula is C19H21ClN4O. The van der Waals surface area contributed by atoms with Crippen molar-refractivity contribution in [1.29, 1.82) is 0 Å². The van der Waals surface area contributed by atoms with Gasteiger partial charge in [-0.25, -0.2) is 9.97 Å². The molecule has 5 nitrogen and oxygen atoms in total. The van der Waals surface area contributed by atoms with Gasteiger partial charge in [-0.2, -0.15) is 0 Å². The fraction of sp³-hybridized carbons (Fsp3) is 0.263. The van der Waals surface area contributed by atoms with E-state index in [0.29, 0.717) is 11.6 Å². The third kappa shape index (κ3) is 4.00. The summed E-state index contributed by atoms with van der Waals surface area (Å²) in [5, 5.41) is 5.07. The van der Waals surface area contributed by atoms with Crippen LogP contribution in [0.4, 0.5) is 5.82 Å². The molecule has 0 saturated carbocycles. The third-order valence-electron chi connectivity index (χ3n) is 4.19. The van der Waals surface area contributed by atoms with Gasteiger partial charge in [-0.05, 0) is 50.0 Å². The molecule has 0 spiro atoms. The van der Waals surface area contributed by atoms with Crippen molar-refractivity contribution in [1.82, 2.24) is 14.9 Å². The van der Waals surface area contributed by atoms with Crippen LogP contribution in [-0.4, -0.2) is 42.6 Å². The summed E-state index contributed by atoms with van der Waals surface area (Å²) in [7, 11) is 5.80. The maximum atomic E-state index is 6.05. The number of aromatic nitrogens is 2. The number of hydrogen-bond donors (Lipinski definition) is 1. The number of benzene rings is 2. The highest BCUT2D eigenvalue weighted by Gasteiger charge is 2.15. The second-order valence-electron chi connectivity index (χ2n) is 6.02. The number of nitrogens with zero attached hydrogens (tertiary/aromatic N) is 3. The largest absolute Gasteiger partial charge is 0.497 e. The first-order valence-electron chi connectivity index (χ1n) is 8.03. The maximum absolute atomic E-state index is 6.05.